The van der Waals surface area contributed by atoms with Gasteiger partial charge in [0.25, 0.3) is 0 Å². The highest BCUT2D eigenvalue weighted by atomic mass is 16.5. The summed E-state index contributed by atoms with van der Waals surface area (Å²) in [4.78, 5) is 28.6. The first-order chi connectivity index (χ1) is 19.9. The maximum atomic E-state index is 13.5. The molecular formula is C31H38N2O8. The molecule has 2 amide bonds. The molecule has 4 rings (SSSR count). The molecule has 1 heterocycles. The number of ether oxygens (including phenoxy) is 3. The molecule has 2 aliphatic rings. The Hall–Kier alpha value is -3.86. The number of methoxy groups -OCH3 is 2. The summed E-state index contributed by atoms with van der Waals surface area (Å²) in [5, 5.41) is 33.6. The Bertz CT molecular complexity index is 1290. The Balaban J connectivity index is 1.77. The molecule has 0 unspecified atom stereocenters. The van der Waals surface area contributed by atoms with E-state index in [1.165, 1.54) is 7.11 Å². The molecule has 10 heteroatoms. The maximum absolute atomic E-state index is 13.5. The highest BCUT2D eigenvalue weighted by molar-refractivity contribution is 5.96. The first-order valence-electron chi connectivity index (χ1n) is 13.7. The van der Waals surface area contributed by atoms with Crippen molar-refractivity contribution in [3.63, 3.8) is 0 Å². The van der Waals surface area contributed by atoms with Gasteiger partial charge in [-0.2, -0.15) is 0 Å². The number of hydrogen-bond donors (Lipinski definition) is 4. The van der Waals surface area contributed by atoms with Crippen molar-refractivity contribution in [1.82, 2.24) is 10.2 Å². The Morgan fingerprint density at radius 1 is 1.15 bits per heavy atom. The van der Waals surface area contributed by atoms with Gasteiger partial charge >= 0.3 is 0 Å². The lowest BCUT2D eigenvalue weighted by Crippen LogP contribution is -2.56. The molecule has 41 heavy (non-hydrogen) atoms. The summed E-state index contributed by atoms with van der Waals surface area (Å²) in [5.41, 5.74) is 2.36. The number of amides is 2. The van der Waals surface area contributed by atoms with Gasteiger partial charge in [0.1, 0.15) is 18.0 Å². The number of carbonyl (C=O) groups excluding carboxylic acids is 2. The number of allylic oxidation sites excluding steroid dienone is 1. The minimum absolute atomic E-state index is 0.0320. The van der Waals surface area contributed by atoms with Crippen LogP contribution in [0.15, 0.2) is 60.7 Å². The average molecular weight is 567 g/mol. The molecule has 0 saturated heterocycles. The summed E-state index contributed by atoms with van der Waals surface area (Å²) >= 11 is 0. The van der Waals surface area contributed by atoms with Gasteiger partial charge in [-0.3, -0.25) is 9.59 Å². The monoisotopic (exact) mass is 566 g/mol. The van der Waals surface area contributed by atoms with E-state index >= 15 is 0 Å². The Labute approximate surface area is 239 Å². The largest absolute Gasteiger partial charge is 0.496 e. The maximum Gasteiger partial charge on any atom is 0.247 e. The first-order valence-corrected chi connectivity index (χ1v) is 13.7. The average Bonchev–Trinajstić information content (AvgIpc) is 3.39. The van der Waals surface area contributed by atoms with E-state index in [1.807, 2.05) is 24.3 Å². The molecule has 4 N–H and O–H groups in total. The lowest BCUT2D eigenvalue weighted by Gasteiger charge is -2.41. The standard InChI is InChI=1S/C31H38N2O8/c1-4-5-10-26(36)33(13-11-20-8-6-7-9-24(20)39-2)23-17-22(31(38)32-12-14-34)27-21-15-19(18-35)16-25(40-3)29(21)41-30(27)28(23)37/h4,6-9,15-17,23,27-28,30,34-35,37H,1,5,10-14,18H2,2-3H3,(H,32,38)/t23-,27+,28+,30+/m1/s1. The van der Waals surface area contributed by atoms with Gasteiger partial charge in [-0.05, 0) is 48.2 Å². The van der Waals surface area contributed by atoms with Crippen LogP contribution in [-0.4, -0.2) is 84.2 Å². The van der Waals surface area contributed by atoms with Crippen LogP contribution < -0.4 is 19.5 Å². The summed E-state index contributed by atoms with van der Waals surface area (Å²) < 4.78 is 17.3. The van der Waals surface area contributed by atoms with Crippen molar-refractivity contribution in [3.8, 4) is 17.2 Å². The van der Waals surface area contributed by atoms with Crippen molar-refractivity contribution in [1.29, 1.82) is 0 Å². The molecule has 0 radical (unpaired) electrons. The van der Waals surface area contributed by atoms with Crippen molar-refractivity contribution < 1.29 is 39.1 Å². The zero-order chi connectivity index (χ0) is 29.5. The number of fused-ring (bicyclic) bond motifs is 3. The van der Waals surface area contributed by atoms with Gasteiger partial charge in [-0.1, -0.05) is 24.3 Å². The second-order valence-corrected chi connectivity index (χ2v) is 9.99. The Morgan fingerprint density at radius 2 is 1.90 bits per heavy atom. The molecule has 0 bridgehead atoms. The van der Waals surface area contributed by atoms with E-state index in [9.17, 15) is 24.9 Å². The SMILES string of the molecule is C=CCCC(=O)N(CCc1ccccc1OC)[C@@H]1C=C(C(=O)NCCO)[C@@H]2c3cc(CO)cc(OC)c3O[C@@H]2[C@H]1O. The number of nitrogens with one attached hydrogen (secondary N) is 1. The van der Waals surface area contributed by atoms with Crippen LogP contribution in [0, 0.1) is 0 Å². The molecular weight excluding hydrogens is 528 g/mol. The fraction of sp³-hybridized carbons (Fsp3) is 0.419. The molecule has 2 aromatic carbocycles. The van der Waals surface area contributed by atoms with Gasteiger partial charge in [-0.15, -0.1) is 6.58 Å². The quantitative estimate of drug-likeness (QED) is 0.270. The lowest BCUT2D eigenvalue weighted by molar-refractivity contribution is -0.137. The molecule has 1 aliphatic heterocycles. The van der Waals surface area contributed by atoms with Gasteiger partial charge in [0.05, 0.1) is 39.4 Å². The second-order valence-electron chi connectivity index (χ2n) is 9.99. The number of benzene rings is 2. The van der Waals surface area contributed by atoms with Crippen LogP contribution in [0.5, 0.6) is 17.2 Å². The van der Waals surface area contributed by atoms with E-state index in [-0.39, 0.29) is 38.6 Å². The second kappa shape index (κ2) is 13.7. The number of aliphatic hydroxyl groups is 3. The van der Waals surface area contributed by atoms with Gasteiger partial charge in [0, 0.05) is 30.6 Å². The number of para-hydroxylation sites is 1. The fourth-order valence-corrected chi connectivity index (χ4v) is 5.58. The minimum Gasteiger partial charge on any atom is -0.496 e. The minimum atomic E-state index is -1.19. The summed E-state index contributed by atoms with van der Waals surface area (Å²) in [5.74, 6) is 0.0999. The predicted octanol–water partition coefficient (Wildman–Crippen LogP) is 1.86. The fourth-order valence-electron chi connectivity index (χ4n) is 5.58. The van der Waals surface area contributed by atoms with Gasteiger partial charge in [0.15, 0.2) is 11.5 Å². The smallest absolute Gasteiger partial charge is 0.247 e. The van der Waals surface area contributed by atoms with Crippen molar-refractivity contribution in [3.05, 3.63) is 77.4 Å². The van der Waals surface area contributed by atoms with Crippen LogP contribution in [0.1, 0.15) is 35.4 Å². The lowest BCUT2D eigenvalue weighted by atomic mass is 9.77. The number of aliphatic hydroxyl groups excluding tert-OH is 3. The van der Waals surface area contributed by atoms with E-state index in [0.29, 0.717) is 46.8 Å². The Morgan fingerprint density at radius 3 is 2.59 bits per heavy atom. The van der Waals surface area contributed by atoms with Crippen molar-refractivity contribution in [2.24, 2.45) is 0 Å². The molecule has 1 aliphatic carbocycles. The van der Waals surface area contributed by atoms with Crippen LogP contribution in [0.2, 0.25) is 0 Å². The van der Waals surface area contributed by atoms with E-state index in [2.05, 4.69) is 11.9 Å². The van der Waals surface area contributed by atoms with Gasteiger partial charge in [0.2, 0.25) is 11.8 Å². The number of carbonyl (C=O) groups is 2. The summed E-state index contributed by atoms with van der Waals surface area (Å²) in [7, 11) is 3.06. The van der Waals surface area contributed by atoms with Crippen LogP contribution in [0.3, 0.4) is 0 Å². The number of hydrogen-bond acceptors (Lipinski definition) is 8. The van der Waals surface area contributed by atoms with Crippen molar-refractivity contribution >= 4 is 11.8 Å². The molecule has 10 nitrogen and oxygen atoms in total. The topological polar surface area (TPSA) is 138 Å². The third-order valence-electron chi connectivity index (χ3n) is 7.55. The highest BCUT2D eigenvalue weighted by Crippen LogP contribution is 2.51. The number of rotatable bonds is 13. The molecule has 4 atom stereocenters. The zero-order valence-electron chi connectivity index (χ0n) is 23.4. The third kappa shape index (κ3) is 6.24. The van der Waals surface area contributed by atoms with E-state index in [4.69, 9.17) is 14.2 Å². The van der Waals surface area contributed by atoms with Gasteiger partial charge < -0.3 is 39.7 Å². The van der Waals surface area contributed by atoms with Crippen LogP contribution in [0.25, 0.3) is 0 Å². The zero-order valence-corrected chi connectivity index (χ0v) is 23.4. The Kier molecular flexibility index (Phi) is 10.0. The van der Waals surface area contributed by atoms with E-state index in [0.717, 1.165) is 5.56 Å². The third-order valence-corrected chi connectivity index (χ3v) is 7.55. The van der Waals surface area contributed by atoms with Gasteiger partial charge in [-0.25, -0.2) is 0 Å². The van der Waals surface area contributed by atoms with E-state index in [1.54, 1.807) is 36.3 Å². The summed E-state index contributed by atoms with van der Waals surface area (Å²) in [6.45, 7) is 3.51. The first kappa shape index (κ1) is 30.1. The number of nitrogens with zero attached hydrogens (tertiary/aromatic N) is 1. The highest BCUT2D eigenvalue weighted by Gasteiger charge is 2.51. The van der Waals surface area contributed by atoms with Crippen molar-refractivity contribution in [2.45, 2.75) is 50.0 Å². The predicted molar refractivity (Wildman–Crippen MR) is 152 cm³/mol. The van der Waals surface area contributed by atoms with Crippen LogP contribution in [-0.2, 0) is 22.6 Å². The molecule has 2 aromatic rings. The molecule has 0 spiro atoms. The van der Waals surface area contributed by atoms with Crippen LogP contribution in [0.4, 0.5) is 0 Å². The molecule has 220 valence electrons. The van der Waals surface area contributed by atoms with Crippen molar-refractivity contribution in [2.75, 3.05) is 33.9 Å². The molecule has 0 aromatic heterocycles. The summed E-state index contributed by atoms with van der Waals surface area (Å²) in [6.07, 6.45) is 2.29. The normalized spacial score (nSPS) is 20.7. The van der Waals surface area contributed by atoms with Crippen LogP contribution >= 0.6 is 0 Å². The summed E-state index contributed by atoms with van der Waals surface area (Å²) in [6, 6.07) is 10.0. The molecule has 0 saturated carbocycles. The van der Waals surface area contributed by atoms with E-state index < -0.39 is 30.1 Å². The molecule has 0 fully saturated rings.